The van der Waals surface area contributed by atoms with Crippen molar-refractivity contribution in [3.8, 4) is 0 Å². The molecule has 90 valence electrons. The number of fused-ring (bicyclic) bond motifs is 1. The summed E-state index contributed by atoms with van der Waals surface area (Å²) in [5.74, 6) is 0.172. The Bertz CT molecular complexity index is 518. The summed E-state index contributed by atoms with van der Waals surface area (Å²) in [7, 11) is 0. The van der Waals surface area contributed by atoms with Crippen molar-refractivity contribution >= 4 is 29.2 Å². The van der Waals surface area contributed by atoms with Crippen LogP contribution in [0.25, 0.3) is 6.08 Å². The van der Waals surface area contributed by atoms with E-state index in [1.807, 2.05) is 32.1 Å². The Morgan fingerprint density at radius 2 is 2.18 bits per heavy atom. The lowest BCUT2D eigenvalue weighted by Gasteiger charge is -2.18. The molecule has 0 saturated carbocycles. The number of amidine groups is 1. The number of hydrogen-bond donors (Lipinski definition) is 1. The predicted octanol–water partition coefficient (Wildman–Crippen LogP) is 3.36. The van der Waals surface area contributed by atoms with Crippen molar-refractivity contribution in [1.29, 1.82) is 0 Å². The average Bonchev–Trinajstić information content (AvgIpc) is 2.54. The van der Waals surface area contributed by atoms with Crippen LogP contribution in [0.4, 0.5) is 10.1 Å². The predicted molar refractivity (Wildman–Crippen MR) is 70.5 cm³/mol. The molecule has 4 heteroatoms. The first-order valence-corrected chi connectivity index (χ1v) is 5.90. The summed E-state index contributed by atoms with van der Waals surface area (Å²) in [4.78, 5) is 4.05. The summed E-state index contributed by atoms with van der Waals surface area (Å²) in [5.41, 5.74) is 7.34. The second-order valence-corrected chi connectivity index (χ2v) is 4.95. The molecule has 1 aromatic rings. The van der Waals surface area contributed by atoms with Gasteiger partial charge in [-0.05, 0) is 17.7 Å². The maximum atomic E-state index is 14.0. The summed E-state index contributed by atoms with van der Waals surface area (Å²) in [6, 6.07) is 3.22. The Kier molecular flexibility index (Phi) is 2.96. The van der Waals surface area contributed by atoms with Crippen LogP contribution in [0.15, 0.2) is 23.2 Å². The average molecular weight is 253 g/mol. The van der Waals surface area contributed by atoms with Gasteiger partial charge in [0.25, 0.3) is 0 Å². The molecule has 0 atom stereocenters. The molecule has 0 fully saturated rings. The number of nitrogens with two attached hydrogens (primary N) is 1. The molecule has 0 spiro atoms. The molecule has 17 heavy (non-hydrogen) atoms. The first-order valence-electron chi connectivity index (χ1n) is 5.36. The minimum absolute atomic E-state index is 0.139. The second kappa shape index (κ2) is 4.15. The molecule has 0 bridgehead atoms. The fourth-order valence-corrected chi connectivity index (χ4v) is 2.13. The third kappa shape index (κ3) is 2.20. The summed E-state index contributed by atoms with van der Waals surface area (Å²) in [6.45, 7) is 3.96. The number of allylic oxidation sites excluding steroid dienone is 1. The fourth-order valence-electron chi connectivity index (χ4n) is 2.07. The van der Waals surface area contributed by atoms with Crippen LogP contribution in [0.1, 0.15) is 25.0 Å². The van der Waals surface area contributed by atoms with Gasteiger partial charge in [-0.15, -0.1) is 11.6 Å². The van der Waals surface area contributed by atoms with Gasteiger partial charge in [-0.25, -0.2) is 9.38 Å². The van der Waals surface area contributed by atoms with E-state index in [-0.39, 0.29) is 22.9 Å². The standard InChI is InChI=1S/C13H14ClFN2/c1-13(2)4-3-8-5-9(17-11(16)7-14)6-10(15)12(8)13/h3-6H,7H2,1-2H3,(H2,16,17). The number of halogens is 2. The van der Waals surface area contributed by atoms with E-state index in [1.165, 1.54) is 6.07 Å². The zero-order chi connectivity index (χ0) is 12.6. The molecular weight excluding hydrogens is 239 g/mol. The van der Waals surface area contributed by atoms with Crippen molar-refractivity contribution < 1.29 is 4.39 Å². The van der Waals surface area contributed by atoms with Gasteiger partial charge >= 0.3 is 0 Å². The highest BCUT2D eigenvalue weighted by atomic mass is 35.5. The minimum atomic E-state index is -0.264. The van der Waals surface area contributed by atoms with Gasteiger partial charge in [-0.2, -0.15) is 0 Å². The van der Waals surface area contributed by atoms with Crippen molar-refractivity contribution in [3.05, 3.63) is 35.2 Å². The van der Waals surface area contributed by atoms with Crippen LogP contribution in [0.3, 0.4) is 0 Å². The van der Waals surface area contributed by atoms with Crippen LogP contribution < -0.4 is 5.73 Å². The molecule has 2 nitrogen and oxygen atoms in total. The lowest BCUT2D eigenvalue weighted by Crippen LogP contribution is -2.14. The van der Waals surface area contributed by atoms with E-state index in [2.05, 4.69) is 4.99 Å². The van der Waals surface area contributed by atoms with Gasteiger partial charge in [-0.1, -0.05) is 26.0 Å². The van der Waals surface area contributed by atoms with Crippen LogP contribution in [0.5, 0.6) is 0 Å². The highest BCUT2D eigenvalue weighted by Crippen LogP contribution is 2.39. The van der Waals surface area contributed by atoms with E-state index in [0.29, 0.717) is 11.3 Å². The highest BCUT2D eigenvalue weighted by Gasteiger charge is 2.28. The summed E-state index contributed by atoms with van der Waals surface area (Å²) < 4.78 is 14.0. The maximum absolute atomic E-state index is 14.0. The Labute approximate surface area is 105 Å². The SMILES string of the molecule is CC1(C)C=Cc2cc(N=C(N)CCl)cc(F)c21. The van der Waals surface area contributed by atoms with E-state index in [1.54, 1.807) is 0 Å². The van der Waals surface area contributed by atoms with Crippen molar-refractivity contribution in [2.75, 3.05) is 5.88 Å². The van der Waals surface area contributed by atoms with Gasteiger partial charge in [-0.3, -0.25) is 0 Å². The van der Waals surface area contributed by atoms with Crippen molar-refractivity contribution in [1.82, 2.24) is 0 Å². The first kappa shape index (κ1) is 12.1. The van der Waals surface area contributed by atoms with Crippen molar-refractivity contribution in [2.24, 2.45) is 10.7 Å². The Balaban J connectivity index is 2.51. The van der Waals surface area contributed by atoms with Crippen molar-refractivity contribution in [2.45, 2.75) is 19.3 Å². The van der Waals surface area contributed by atoms with E-state index in [9.17, 15) is 4.39 Å². The molecule has 0 heterocycles. The summed E-state index contributed by atoms with van der Waals surface area (Å²) >= 11 is 5.54. The zero-order valence-corrected chi connectivity index (χ0v) is 10.6. The largest absolute Gasteiger partial charge is 0.386 e. The van der Waals surface area contributed by atoms with Crippen LogP contribution in [-0.2, 0) is 5.41 Å². The topological polar surface area (TPSA) is 38.4 Å². The summed E-state index contributed by atoms with van der Waals surface area (Å²) in [5, 5.41) is 0. The van der Waals surface area contributed by atoms with Crippen LogP contribution >= 0.6 is 11.6 Å². The molecule has 0 amide bonds. The summed E-state index contributed by atoms with van der Waals surface area (Å²) in [6.07, 6.45) is 3.90. The molecule has 0 unspecified atom stereocenters. The van der Waals surface area contributed by atoms with E-state index in [0.717, 1.165) is 5.56 Å². The number of aliphatic imine (C=N–C) groups is 1. The third-order valence-electron chi connectivity index (χ3n) is 2.84. The van der Waals surface area contributed by atoms with Gasteiger partial charge in [0.05, 0.1) is 11.6 Å². The highest BCUT2D eigenvalue weighted by molar-refractivity contribution is 6.28. The maximum Gasteiger partial charge on any atom is 0.130 e. The van der Waals surface area contributed by atoms with Gasteiger partial charge in [0, 0.05) is 11.0 Å². The van der Waals surface area contributed by atoms with Gasteiger partial charge in [0.1, 0.15) is 11.7 Å². The Hall–Kier alpha value is -1.35. The number of nitrogens with zero attached hydrogens (tertiary/aromatic N) is 1. The third-order valence-corrected chi connectivity index (χ3v) is 3.11. The van der Waals surface area contributed by atoms with Crippen molar-refractivity contribution in [3.63, 3.8) is 0 Å². The Morgan fingerprint density at radius 3 is 2.82 bits per heavy atom. The number of alkyl halides is 1. The van der Waals surface area contributed by atoms with Crippen LogP contribution in [0.2, 0.25) is 0 Å². The normalized spacial score (nSPS) is 17.3. The molecule has 2 rings (SSSR count). The van der Waals surface area contributed by atoms with Gasteiger partial charge in [0.15, 0.2) is 0 Å². The number of benzene rings is 1. The minimum Gasteiger partial charge on any atom is -0.386 e. The quantitative estimate of drug-likeness (QED) is 0.489. The van der Waals surface area contributed by atoms with Crippen LogP contribution in [-0.4, -0.2) is 11.7 Å². The second-order valence-electron chi connectivity index (χ2n) is 4.68. The molecule has 0 aromatic heterocycles. The molecule has 2 N–H and O–H groups in total. The number of hydrogen-bond acceptors (Lipinski definition) is 1. The lowest BCUT2D eigenvalue weighted by atomic mass is 9.86. The fraction of sp³-hybridized carbons (Fsp3) is 0.308. The number of rotatable bonds is 2. The molecular formula is C13H14ClFN2. The van der Waals surface area contributed by atoms with E-state index in [4.69, 9.17) is 17.3 Å². The first-order chi connectivity index (χ1) is 7.94. The van der Waals surface area contributed by atoms with Crippen LogP contribution in [0, 0.1) is 5.82 Å². The molecule has 0 saturated heterocycles. The van der Waals surface area contributed by atoms with E-state index < -0.39 is 0 Å². The van der Waals surface area contributed by atoms with Gasteiger partial charge < -0.3 is 5.73 Å². The molecule has 1 aromatic carbocycles. The smallest absolute Gasteiger partial charge is 0.130 e. The molecule has 1 aliphatic carbocycles. The Morgan fingerprint density at radius 1 is 1.47 bits per heavy atom. The molecule has 0 radical (unpaired) electrons. The van der Waals surface area contributed by atoms with E-state index >= 15 is 0 Å². The molecule has 1 aliphatic rings. The lowest BCUT2D eigenvalue weighted by molar-refractivity contribution is 0.564. The monoisotopic (exact) mass is 252 g/mol. The van der Waals surface area contributed by atoms with Gasteiger partial charge in [0.2, 0.25) is 0 Å². The molecule has 0 aliphatic heterocycles. The zero-order valence-electron chi connectivity index (χ0n) is 9.80.